The Morgan fingerprint density at radius 1 is 1.03 bits per heavy atom. The second kappa shape index (κ2) is 9.84. The number of thiocarbonyl (C=S) groups is 1. The highest BCUT2D eigenvalue weighted by atomic mass is 79.9. The van der Waals surface area contributed by atoms with Crippen molar-refractivity contribution < 1.29 is 23.7 Å². The van der Waals surface area contributed by atoms with E-state index in [1.807, 2.05) is 0 Å². The fraction of sp³-hybridized carbons (Fsp3) is 0. The van der Waals surface area contributed by atoms with Crippen LogP contribution >= 0.6 is 28.1 Å². The Kier molecular flexibility index (Phi) is 6.42. The fourth-order valence-electron chi connectivity index (χ4n) is 3.48. The summed E-state index contributed by atoms with van der Waals surface area (Å²) in [7, 11) is 0. The van der Waals surface area contributed by atoms with E-state index < -0.39 is 10.8 Å². The Hall–Kier alpha value is -4.55. The molecule has 0 aliphatic heterocycles. The number of fused-ring (bicyclic) bond motifs is 1. The maximum Gasteiger partial charge on any atom is 0.293 e. The highest BCUT2D eigenvalue weighted by Crippen LogP contribution is 2.32. The van der Waals surface area contributed by atoms with Gasteiger partial charge in [-0.3, -0.25) is 20.2 Å². The minimum atomic E-state index is -0.586. The summed E-state index contributed by atoms with van der Waals surface area (Å²) in [4.78, 5) is 27.6. The summed E-state index contributed by atoms with van der Waals surface area (Å²) >= 11 is 8.53. The van der Waals surface area contributed by atoms with Gasteiger partial charge in [0.2, 0.25) is 5.89 Å². The summed E-state index contributed by atoms with van der Waals surface area (Å²) in [5, 5.41) is 26.2. The number of nitro benzene ring substituents is 1. The summed E-state index contributed by atoms with van der Waals surface area (Å²) in [6.07, 6.45) is 0. The van der Waals surface area contributed by atoms with Crippen LogP contribution in [0.25, 0.3) is 33.9 Å². The molecule has 0 spiro atoms. The molecule has 12 heteroatoms. The van der Waals surface area contributed by atoms with Crippen LogP contribution in [0, 0.1) is 10.1 Å². The molecule has 0 saturated carbocycles. The molecule has 2 heterocycles. The lowest BCUT2D eigenvalue weighted by Gasteiger charge is -2.08. The van der Waals surface area contributed by atoms with Crippen LogP contribution in [0.1, 0.15) is 10.6 Å². The Bertz CT molecular complexity index is 1700. The fourth-order valence-corrected chi connectivity index (χ4v) is 4.07. The number of nitrogens with one attached hydrogen (secondary N) is 2. The maximum absolute atomic E-state index is 12.6. The molecule has 0 aliphatic rings. The topological polar surface area (TPSA) is 144 Å². The Morgan fingerprint density at radius 3 is 2.65 bits per heavy atom. The van der Waals surface area contributed by atoms with E-state index >= 15 is 0 Å². The van der Waals surface area contributed by atoms with Crippen LogP contribution in [0.15, 0.2) is 86.1 Å². The van der Waals surface area contributed by atoms with E-state index in [4.69, 9.17) is 21.1 Å². The van der Waals surface area contributed by atoms with Gasteiger partial charge in [0.05, 0.1) is 9.40 Å². The molecule has 10 nitrogen and oxygen atoms in total. The predicted molar refractivity (Wildman–Crippen MR) is 143 cm³/mol. The van der Waals surface area contributed by atoms with Crippen molar-refractivity contribution in [2.24, 2.45) is 0 Å². The molecule has 184 valence electrons. The van der Waals surface area contributed by atoms with Crippen LogP contribution in [0.5, 0.6) is 5.75 Å². The van der Waals surface area contributed by atoms with Crippen LogP contribution in [0.4, 0.5) is 11.4 Å². The summed E-state index contributed by atoms with van der Waals surface area (Å²) in [6, 6.07) is 19.0. The van der Waals surface area contributed by atoms with Gasteiger partial charge in [-0.05, 0) is 76.7 Å². The zero-order valence-corrected chi connectivity index (χ0v) is 21.0. The lowest BCUT2D eigenvalue weighted by molar-refractivity contribution is -0.384. The number of oxazole rings is 1. The van der Waals surface area contributed by atoms with Crippen molar-refractivity contribution in [2.45, 2.75) is 0 Å². The number of phenols is 1. The molecule has 0 bridgehead atoms. The van der Waals surface area contributed by atoms with Gasteiger partial charge in [0.1, 0.15) is 17.0 Å². The predicted octanol–water partition coefficient (Wildman–Crippen LogP) is 6.26. The first-order valence-corrected chi connectivity index (χ1v) is 11.8. The maximum atomic E-state index is 12.6. The van der Waals surface area contributed by atoms with Crippen LogP contribution in [0.3, 0.4) is 0 Å². The number of aromatic nitrogens is 1. The quantitative estimate of drug-likeness (QED) is 0.125. The van der Waals surface area contributed by atoms with Gasteiger partial charge in [-0.1, -0.05) is 12.1 Å². The smallest absolute Gasteiger partial charge is 0.293 e. The van der Waals surface area contributed by atoms with Crippen molar-refractivity contribution in [3.05, 3.63) is 93.1 Å². The molecule has 1 amide bonds. The minimum Gasteiger partial charge on any atom is -0.507 e. The third kappa shape index (κ3) is 5.20. The molecule has 3 N–H and O–H groups in total. The zero-order valence-electron chi connectivity index (χ0n) is 18.6. The molecule has 3 aromatic carbocycles. The molecule has 0 atom stereocenters. The molecule has 2 aromatic heterocycles. The van der Waals surface area contributed by atoms with Gasteiger partial charge in [0, 0.05) is 28.9 Å². The number of hydrogen-bond acceptors (Lipinski definition) is 8. The third-order valence-electron chi connectivity index (χ3n) is 5.24. The van der Waals surface area contributed by atoms with E-state index in [2.05, 4.69) is 31.5 Å². The molecular formula is C25H15BrN4O6S. The molecule has 0 aliphatic carbocycles. The summed E-state index contributed by atoms with van der Waals surface area (Å²) in [5.74, 6) is 0.192. The second-order valence-electron chi connectivity index (χ2n) is 7.75. The molecule has 37 heavy (non-hydrogen) atoms. The number of non-ortho nitro benzene ring substituents is 1. The summed E-state index contributed by atoms with van der Waals surface area (Å²) in [5.41, 5.74) is 2.74. The lowest BCUT2D eigenvalue weighted by Crippen LogP contribution is -2.33. The normalized spacial score (nSPS) is 10.8. The molecule has 0 saturated heterocycles. The van der Waals surface area contributed by atoms with Crippen LogP contribution < -0.4 is 10.6 Å². The second-order valence-corrected chi connectivity index (χ2v) is 9.01. The highest BCUT2D eigenvalue weighted by molar-refractivity contribution is 9.10. The van der Waals surface area contributed by atoms with Crippen molar-refractivity contribution in [1.82, 2.24) is 10.3 Å². The highest BCUT2D eigenvalue weighted by Gasteiger charge is 2.16. The number of halogens is 1. The number of amides is 1. The van der Waals surface area contributed by atoms with Crippen molar-refractivity contribution in [3.63, 3.8) is 0 Å². The van der Waals surface area contributed by atoms with Gasteiger partial charge in [-0.25, -0.2) is 4.98 Å². The Morgan fingerprint density at radius 2 is 1.86 bits per heavy atom. The Labute approximate surface area is 222 Å². The van der Waals surface area contributed by atoms with E-state index in [-0.39, 0.29) is 22.3 Å². The molecule has 0 radical (unpaired) electrons. The number of aromatic hydroxyl groups is 1. The number of anilines is 1. The van der Waals surface area contributed by atoms with E-state index in [0.717, 1.165) is 0 Å². The average molecular weight is 579 g/mol. The number of carbonyl (C=O) groups is 1. The van der Waals surface area contributed by atoms with E-state index in [1.54, 1.807) is 42.5 Å². The van der Waals surface area contributed by atoms with Gasteiger partial charge in [0.15, 0.2) is 16.5 Å². The number of furan rings is 1. The lowest BCUT2D eigenvalue weighted by atomic mass is 10.1. The van der Waals surface area contributed by atoms with Crippen molar-refractivity contribution in [3.8, 4) is 28.5 Å². The van der Waals surface area contributed by atoms with Crippen LogP contribution in [-0.2, 0) is 0 Å². The first-order chi connectivity index (χ1) is 17.8. The van der Waals surface area contributed by atoms with Crippen molar-refractivity contribution >= 4 is 61.6 Å². The van der Waals surface area contributed by atoms with Gasteiger partial charge in [-0.2, -0.15) is 0 Å². The van der Waals surface area contributed by atoms with Gasteiger partial charge in [-0.15, -0.1) is 0 Å². The molecule has 5 aromatic rings. The SMILES string of the molecule is O=C(NC(=S)Nc1ccc2oc(-c3ccc(O)c(Br)c3)nc2c1)c1ccc(-c2cccc([N+](=O)[O-])c2)o1. The van der Waals surface area contributed by atoms with E-state index in [9.17, 15) is 20.0 Å². The first-order valence-electron chi connectivity index (χ1n) is 10.6. The van der Waals surface area contributed by atoms with Gasteiger partial charge in [0.25, 0.3) is 11.6 Å². The van der Waals surface area contributed by atoms with Crippen molar-refractivity contribution in [1.29, 1.82) is 0 Å². The number of hydrogen-bond donors (Lipinski definition) is 3. The van der Waals surface area contributed by atoms with Crippen LogP contribution in [0.2, 0.25) is 0 Å². The zero-order chi connectivity index (χ0) is 26.1. The molecular weight excluding hydrogens is 564 g/mol. The molecule has 5 rings (SSSR count). The van der Waals surface area contributed by atoms with Gasteiger partial charge >= 0.3 is 0 Å². The largest absolute Gasteiger partial charge is 0.507 e. The summed E-state index contributed by atoms with van der Waals surface area (Å²) in [6.45, 7) is 0. The molecule has 0 unspecified atom stereocenters. The number of rotatable bonds is 5. The van der Waals surface area contributed by atoms with E-state index in [1.165, 1.54) is 30.3 Å². The standard InChI is InChI=1S/C25H15BrN4O6S/c26-17-11-14(4-6-19(17)31)24-28-18-12-15(5-7-21(18)36-24)27-25(37)29-23(32)22-9-8-20(35-22)13-2-1-3-16(10-13)30(33)34/h1-12,31H,(H2,27,29,32,37). The Balaban J connectivity index is 1.26. The average Bonchev–Trinajstić information content (AvgIpc) is 3.53. The summed E-state index contributed by atoms with van der Waals surface area (Å²) < 4.78 is 11.9. The van der Waals surface area contributed by atoms with Gasteiger partial charge < -0.3 is 19.3 Å². The first kappa shape index (κ1) is 24.2. The molecule has 0 fully saturated rings. The van der Waals surface area contributed by atoms with Crippen LogP contribution in [-0.4, -0.2) is 26.0 Å². The minimum absolute atomic E-state index is 0.0118. The number of phenolic OH excluding ortho intramolecular Hbond substituents is 1. The van der Waals surface area contributed by atoms with E-state index in [0.29, 0.717) is 44.0 Å². The monoisotopic (exact) mass is 578 g/mol. The number of nitro groups is 1. The number of carbonyl (C=O) groups excluding carboxylic acids is 1. The van der Waals surface area contributed by atoms with Crippen molar-refractivity contribution in [2.75, 3.05) is 5.32 Å². The number of benzene rings is 3. The third-order valence-corrected chi connectivity index (χ3v) is 6.08. The number of nitrogens with zero attached hydrogens (tertiary/aromatic N) is 2.